The van der Waals surface area contributed by atoms with E-state index < -0.39 is 10.0 Å². The maximum absolute atomic E-state index is 12.5. The molecule has 0 spiro atoms. The van der Waals surface area contributed by atoms with Crippen molar-refractivity contribution in [2.75, 3.05) is 11.8 Å². The first-order valence-corrected chi connectivity index (χ1v) is 11.7. The molecule has 27 heavy (non-hydrogen) atoms. The van der Waals surface area contributed by atoms with Gasteiger partial charge in [-0.25, -0.2) is 8.42 Å². The monoisotopic (exact) mass is 447 g/mol. The summed E-state index contributed by atoms with van der Waals surface area (Å²) in [6.07, 6.45) is 4.78. The molecule has 0 unspecified atom stereocenters. The van der Waals surface area contributed by atoms with Crippen LogP contribution in [-0.4, -0.2) is 31.0 Å². The van der Waals surface area contributed by atoms with E-state index in [-0.39, 0.29) is 11.6 Å². The summed E-state index contributed by atoms with van der Waals surface area (Å²) in [5.41, 5.74) is 0.473. The van der Waals surface area contributed by atoms with E-state index >= 15 is 0 Å². The third-order valence-corrected chi connectivity index (χ3v) is 6.98. The highest BCUT2D eigenvalue weighted by atomic mass is 35.5. The standard InChI is InChI=1S/C17H19Cl2N3O3S2/c1-25-15-9-16(26-14-4-2-3-5-14)20-21-17(15)22-27(23,24)10-11-6-12(18)8-13(19)7-11/h6-9,14H,2-5,10H2,1H3,(H,21,22). The average molecular weight is 448 g/mol. The van der Waals surface area contributed by atoms with Crippen molar-refractivity contribution in [3.05, 3.63) is 39.9 Å². The number of aromatic nitrogens is 2. The van der Waals surface area contributed by atoms with Gasteiger partial charge >= 0.3 is 0 Å². The van der Waals surface area contributed by atoms with Gasteiger partial charge in [0.2, 0.25) is 15.8 Å². The third-order valence-electron chi connectivity index (χ3n) is 4.08. The molecule has 1 aliphatic carbocycles. The Bertz CT molecular complexity index is 899. The molecule has 1 aliphatic rings. The highest BCUT2D eigenvalue weighted by Crippen LogP contribution is 2.36. The van der Waals surface area contributed by atoms with Crippen LogP contribution in [0.1, 0.15) is 31.2 Å². The van der Waals surface area contributed by atoms with Gasteiger partial charge < -0.3 is 4.74 Å². The minimum Gasteiger partial charge on any atom is -0.493 e. The summed E-state index contributed by atoms with van der Waals surface area (Å²) < 4.78 is 32.7. The summed E-state index contributed by atoms with van der Waals surface area (Å²) >= 11 is 13.5. The zero-order chi connectivity index (χ0) is 19.4. The van der Waals surface area contributed by atoms with Crippen molar-refractivity contribution >= 4 is 50.8 Å². The number of halogens is 2. The maximum atomic E-state index is 12.5. The van der Waals surface area contributed by atoms with Gasteiger partial charge in [-0.3, -0.25) is 4.72 Å². The van der Waals surface area contributed by atoms with Crippen molar-refractivity contribution in [3.63, 3.8) is 0 Å². The molecule has 6 nitrogen and oxygen atoms in total. The number of nitrogens with one attached hydrogen (secondary N) is 1. The molecule has 0 aliphatic heterocycles. The minimum absolute atomic E-state index is 0.0568. The molecular formula is C17H19Cl2N3O3S2. The fourth-order valence-corrected chi connectivity index (χ4v) is 5.77. The molecule has 2 aromatic rings. The van der Waals surface area contributed by atoms with Crippen molar-refractivity contribution in [1.82, 2.24) is 10.2 Å². The second-order valence-corrected chi connectivity index (χ2v) is 10.2. The van der Waals surface area contributed by atoms with Crippen LogP contribution >= 0.6 is 35.0 Å². The molecule has 1 N–H and O–H groups in total. The molecule has 3 rings (SSSR count). The van der Waals surface area contributed by atoms with E-state index in [4.69, 9.17) is 27.9 Å². The van der Waals surface area contributed by atoms with Crippen LogP contribution in [0, 0.1) is 0 Å². The van der Waals surface area contributed by atoms with Crippen LogP contribution in [0.2, 0.25) is 10.0 Å². The number of sulfonamides is 1. The Hall–Kier alpha value is -1.22. The number of nitrogens with zero attached hydrogens (tertiary/aromatic N) is 2. The van der Waals surface area contributed by atoms with Crippen molar-refractivity contribution in [1.29, 1.82) is 0 Å². The first-order valence-electron chi connectivity index (χ1n) is 8.38. The number of thioether (sulfide) groups is 1. The highest BCUT2D eigenvalue weighted by molar-refractivity contribution is 7.99. The number of hydrogen-bond acceptors (Lipinski definition) is 6. The van der Waals surface area contributed by atoms with Gasteiger partial charge in [-0.15, -0.1) is 22.0 Å². The molecule has 0 amide bonds. The summed E-state index contributed by atoms with van der Waals surface area (Å²) in [6, 6.07) is 6.36. The highest BCUT2D eigenvalue weighted by Gasteiger charge is 2.20. The molecule has 146 valence electrons. The lowest BCUT2D eigenvalue weighted by atomic mass is 10.2. The molecular weight excluding hydrogens is 429 g/mol. The summed E-state index contributed by atoms with van der Waals surface area (Å²) in [5, 5.41) is 10.1. The smallest absolute Gasteiger partial charge is 0.238 e. The van der Waals surface area contributed by atoms with Crippen LogP contribution in [0.4, 0.5) is 5.82 Å². The van der Waals surface area contributed by atoms with Gasteiger partial charge in [0.15, 0.2) is 5.75 Å². The zero-order valence-corrected chi connectivity index (χ0v) is 17.8. The summed E-state index contributed by atoms with van der Waals surface area (Å²) in [4.78, 5) is 0. The fraction of sp³-hybridized carbons (Fsp3) is 0.412. The molecule has 0 bridgehead atoms. The van der Waals surface area contributed by atoms with Gasteiger partial charge in [0.25, 0.3) is 0 Å². The number of anilines is 1. The summed E-state index contributed by atoms with van der Waals surface area (Å²) in [6.45, 7) is 0. The van der Waals surface area contributed by atoms with Gasteiger partial charge in [0.05, 0.1) is 12.9 Å². The molecule has 1 heterocycles. The van der Waals surface area contributed by atoms with Crippen LogP contribution in [0.5, 0.6) is 5.75 Å². The lowest BCUT2D eigenvalue weighted by Gasteiger charge is -2.13. The zero-order valence-electron chi connectivity index (χ0n) is 14.6. The largest absolute Gasteiger partial charge is 0.493 e. The van der Waals surface area contributed by atoms with E-state index in [1.54, 1.807) is 36.0 Å². The van der Waals surface area contributed by atoms with Gasteiger partial charge in [-0.1, -0.05) is 36.0 Å². The quantitative estimate of drug-likeness (QED) is 0.657. The first kappa shape index (κ1) is 20.5. The summed E-state index contributed by atoms with van der Waals surface area (Å²) in [7, 11) is -2.28. The lowest BCUT2D eigenvalue weighted by Crippen LogP contribution is -2.17. The molecule has 1 aromatic heterocycles. The maximum Gasteiger partial charge on any atom is 0.238 e. The van der Waals surface area contributed by atoms with Crippen LogP contribution in [0.3, 0.4) is 0 Å². The Morgan fingerprint density at radius 1 is 1.15 bits per heavy atom. The second kappa shape index (κ2) is 8.86. The van der Waals surface area contributed by atoms with Crippen molar-refractivity contribution in [2.45, 2.75) is 41.7 Å². The Morgan fingerprint density at radius 3 is 2.44 bits per heavy atom. The molecule has 1 aromatic carbocycles. The predicted octanol–water partition coefficient (Wildman–Crippen LogP) is 4.77. The van der Waals surface area contributed by atoms with E-state index in [9.17, 15) is 8.42 Å². The number of benzene rings is 1. The Morgan fingerprint density at radius 2 is 1.81 bits per heavy atom. The number of hydrogen-bond donors (Lipinski definition) is 1. The first-order chi connectivity index (χ1) is 12.8. The van der Waals surface area contributed by atoms with Crippen molar-refractivity contribution in [3.8, 4) is 5.75 Å². The van der Waals surface area contributed by atoms with E-state index in [2.05, 4.69) is 14.9 Å². The van der Waals surface area contributed by atoms with Gasteiger partial charge in [0, 0.05) is 21.4 Å². The molecule has 1 saturated carbocycles. The van der Waals surface area contributed by atoms with Crippen LogP contribution in [0.25, 0.3) is 0 Å². The summed E-state index contributed by atoms with van der Waals surface area (Å²) in [5.74, 6) is 0.0936. The predicted molar refractivity (Wildman–Crippen MR) is 109 cm³/mol. The Labute approximate surface area is 173 Å². The second-order valence-electron chi connectivity index (χ2n) is 6.26. The SMILES string of the molecule is COc1cc(SC2CCCC2)nnc1NS(=O)(=O)Cc1cc(Cl)cc(Cl)c1. The number of methoxy groups -OCH3 is 1. The van der Waals surface area contributed by atoms with Crippen LogP contribution < -0.4 is 9.46 Å². The Balaban J connectivity index is 1.74. The lowest BCUT2D eigenvalue weighted by molar-refractivity contribution is 0.412. The molecule has 0 radical (unpaired) electrons. The number of ether oxygens (including phenoxy) is 1. The topological polar surface area (TPSA) is 81.2 Å². The third kappa shape index (κ3) is 5.88. The molecule has 1 fully saturated rings. The van der Waals surface area contributed by atoms with Gasteiger partial charge in [0.1, 0.15) is 5.03 Å². The van der Waals surface area contributed by atoms with E-state index in [1.807, 2.05) is 0 Å². The fourth-order valence-electron chi connectivity index (χ4n) is 2.92. The number of rotatable bonds is 7. The van der Waals surface area contributed by atoms with E-state index in [1.165, 1.54) is 20.0 Å². The van der Waals surface area contributed by atoms with Crippen LogP contribution in [0.15, 0.2) is 29.3 Å². The van der Waals surface area contributed by atoms with Crippen molar-refractivity contribution in [2.24, 2.45) is 0 Å². The molecule has 0 saturated heterocycles. The molecule has 10 heteroatoms. The Kier molecular flexibility index (Phi) is 6.73. The normalized spacial score (nSPS) is 15.1. The minimum atomic E-state index is -3.75. The molecule has 0 atom stereocenters. The van der Waals surface area contributed by atoms with Gasteiger partial charge in [-0.2, -0.15) is 0 Å². The van der Waals surface area contributed by atoms with E-state index in [0.29, 0.717) is 26.6 Å². The average Bonchev–Trinajstić information content (AvgIpc) is 3.07. The van der Waals surface area contributed by atoms with Crippen molar-refractivity contribution < 1.29 is 13.2 Å². The van der Waals surface area contributed by atoms with Crippen LogP contribution in [-0.2, 0) is 15.8 Å². The van der Waals surface area contributed by atoms with Gasteiger partial charge in [-0.05, 0) is 36.6 Å². The van der Waals surface area contributed by atoms with E-state index in [0.717, 1.165) is 17.9 Å².